The van der Waals surface area contributed by atoms with E-state index in [4.69, 9.17) is 0 Å². The lowest BCUT2D eigenvalue weighted by atomic mass is 10.2. The number of rotatable bonds is 7. The zero-order valence-corrected chi connectivity index (χ0v) is 17.9. The highest BCUT2D eigenvalue weighted by Crippen LogP contribution is 2.19. The Kier molecular flexibility index (Phi) is 6.12. The number of nitrogens with one attached hydrogen (secondary N) is 2. The molecule has 2 N–H and O–H groups in total. The fraction of sp³-hybridized carbons (Fsp3) is 0.238. The summed E-state index contributed by atoms with van der Waals surface area (Å²) in [4.78, 5) is 24.9. The van der Waals surface area contributed by atoms with Crippen molar-refractivity contribution in [1.29, 1.82) is 0 Å². The standard InChI is InChI=1S/C21H24N4O4S/c1-4-14-22-20(26)16-10-12-18(13-11-16)30(28,29)23-19-15(2)24(3)25(21(19)27)17-8-6-5-7-9-17/h5-13,23H,4,14H2,1-3H3,(H,22,26). The van der Waals surface area contributed by atoms with E-state index in [1.807, 2.05) is 13.0 Å². The molecule has 0 radical (unpaired) electrons. The van der Waals surface area contributed by atoms with Crippen molar-refractivity contribution < 1.29 is 13.2 Å². The quantitative estimate of drug-likeness (QED) is 0.603. The van der Waals surface area contributed by atoms with Gasteiger partial charge in [-0.1, -0.05) is 25.1 Å². The van der Waals surface area contributed by atoms with Gasteiger partial charge in [-0.05, 0) is 49.7 Å². The second-order valence-corrected chi connectivity index (χ2v) is 8.50. The Morgan fingerprint density at radius 2 is 1.67 bits per heavy atom. The molecule has 0 atom stereocenters. The Morgan fingerprint density at radius 1 is 1.03 bits per heavy atom. The largest absolute Gasteiger partial charge is 0.352 e. The minimum absolute atomic E-state index is 0.0221. The van der Waals surface area contributed by atoms with Crippen molar-refractivity contribution in [2.24, 2.45) is 7.05 Å². The van der Waals surface area contributed by atoms with Crippen LogP contribution in [0.25, 0.3) is 5.69 Å². The molecule has 1 aromatic heterocycles. The van der Waals surface area contributed by atoms with Gasteiger partial charge in [-0.3, -0.25) is 19.0 Å². The molecule has 3 rings (SSSR count). The van der Waals surface area contributed by atoms with Crippen molar-refractivity contribution in [2.45, 2.75) is 25.2 Å². The van der Waals surface area contributed by atoms with Gasteiger partial charge in [-0.25, -0.2) is 13.1 Å². The number of hydrogen-bond donors (Lipinski definition) is 2. The van der Waals surface area contributed by atoms with Crippen molar-refractivity contribution >= 4 is 21.6 Å². The second kappa shape index (κ2) is 8.58. The molecule has 0 bridgehead atoms. The average Bonchev–Trinajstić information content (AvgIpc) is 2.95. The van der Waals surface area contributed by atoms with Crippen LogP contribution in [0.1, 0.15) is 29.4 Å². The molecule has 0 aliphatic rings. The van der Waals surface area contributed by atoms with Crippen LogP contribution in [0.2, 0.25) is 0 Å². The monoisotopic (exact) mass is 428 g/mol. The van der Waals surface area contributed by atoms with Crippen LogP contribution in [0, 0.1) is 6.92 Å². The lowest BCUT2D eigenvalue weighted by Crippen LogP contribution is -2.24. The third kappa shape index (κ3) is 4.16. The lowest BCUT2D eigenvalue weighted by molar-refractivity contribution is 0.0953. The Hall–Kier alpha value is -3.33. The number of nitrogens with zero attached hydrogens (tertiary/aromatic N) is 2. The SMILES string of the molecule is CCCNC(=O)c1ccc(S(=O)(=O)Nc2c(C)n(C)n(-c3ccccc3)c2=O)cc1. The highest BCUT2D eigenvalue weighted by molar-refractivity contribution is 7.92. The van der Waals surface area contributed by atoms with Gasteiger partial charge in [0.2, 0.25) is 0 Å². The molecule has 30 heavy (non-hydrogen) atoms. The van der Waals surface area contributed by atoms with Gasteiger partial charge in [0.25, 0.3) is 21.5 Å². The molecule has 1 amide bonds. The summed E-state index contributed by atoms with van der Waals surface area (Å²) in [6.07, 6.45) is 0.805. The number of aromatic nitrogens is 2. The van der Waals surface area contributed by atoms with Crippen LogP contribution >= 0.6 is 0 Å². The number of para-hydroxylation sites is 1. The van der Waals surface area contributed by atoms with E-state index < -0.39 is 15.6 Å². The fourth-order valence-electron chi connectivity index (χ4n) is 3.01. The van der Waals surface area contributed by atoms with E-state index in [9.17, 15) is 18.0 Å². The predicted molar refractivity (Wildman–Crippen MR) is 116 cm³/mol. The molecule has 1 heterocycles. The fourth-order valence-corrected chi connectivity index (χ4v) is 4.12. The van der Waals surface area contributed by atoms with Gasteiger partial charge in [0.1, 0.15) is 5.69 Å². The van der Waals surface area contributed by atoms with Gasteiger partial charge in [-0.2, -0.15) is 0 Å². The molecular weight excluding hydrogens is 404 g/mol. The molecule has 3 aromatic rings. The normalized spacial score (nSPS) is 11.3. The van der Waals surface area contributed by atoms with Crippen molar-refractivity contribution in [3.05, 3.63) is 76.2 Å². The number of benzene rings is 2. The van der Waals surface area contributed by atoms with E-state index in [1.54, 1.807) is 42.9 Å². The number of amides is 1. The lowest BCUT2D eigenvalue weighted by Gasteiger charge is -2.08. The zero-order chi connectivity index (χ0) is 21.9. The molecule has 9 heteroatoms. The van der Waals surface area contributed by atoms with Crippen LogP contribution in [0.3, 0.4) is 0 Å². The summed E-state index contributed by atoms with van der Waals surface area (Å²) in [5, 5.41) is 2.74. The molecule has 0 spiro atoms. The van der Waals surface area contributed by atoms with E-state index in [2.05, 4.69) is 10.0 Å². The Bertz CT molecular complexity index is 1210. The Balaban J connectivity index is 1.91. The van der Waals surface area contributed by atoms with Crippen LogP contribution < -0.4 is 15.6 Å². The molecule has 0 aliphatic carbocycles. The molecule has 0 saturated carbocycles. The third-order valence-electron chi connectivity index (χ3n) is 4.75. The second-order valence-electron chi connectivity index (χ2n) is 6.82. The maximum atomic E-state index is 12.9. The van der Waals surface area contributed by atoms with E-state index in [-0.39, 0.29) is 16.5 Å². The van der Waals surface area contributed by atoms with Gasteiger partial charge in [0.15, 0.2) is 0 Å². The number of sulfonamides is 1. The van der Waals surface area contributed by atoms with Gasteiger partial charge < -0.3 is 5.32 Å². The molecular formula is C21H24N4O4S. The van der Waals surface area contributed by atoms with Gasteiger partial charge in [0.05, 0.1) is 16.3 Å². The van der Waals surface area contributed by atoms with Gasteiger partial charge >= 0.3 is 0 Å². The molecule has 8 nitrogen and oxygen atoms in total. The van der Waals surface area contributed by atoms with Crippen LogP contribution in [0.5, 0.6) is 0 Å². The topological polar surface area (TPSA) is 102 Å². The first-order chi connectivity index (χ1) is 14.3. The first kappa shape index (κ1) is 21.4. The summed E-state index contributed by atoms with van der Waals surface area (Å²) in [5.41, 5.74) is 0.972. The summed E-state index contributed by atoms with van der Waals surface area (Å²) >= 11 is 0. The molecule has 158 valence electrons. The Morgan fingerprint density at radius 3 is 2.27 bits per heavy atom. The maximum absolute atomic E-state index is 12.9. The van der Waals surface area contributed by atoms with Crippen LogP contribution in [0.15, 0.2) is 64.3 Å². The molecule has 0 aliphatic heterocycles. The number of carbonyl (C=O) groups excluding carboxylic acids is 1. The van der Waals surface area contributed by atoms with Gasteiger partial charge in [-0.15, -0.1) is 0 Å². The van der Waals surface area contributed by atoms with Crippen molar-refractivity contribution in [1.82, 2.24) is 14.7 Å². The number of anilines is 1. The molecule has 0 saturated heterocycles. The summed E-state index contributed by atoms with van der Waals surface area (Å²) in [6, 6.07) is 14.5. The average molecular weight is 429 g/mol. The van der Waals surface area contributed by atoms with Gasteiger partial charge in [0, 0.05) is 19.2 Å². The highest BCUT2D eigenvalue weighted by atomic mass is 32.2. The van der Waals surface area contributed by atoms with Crippen molar-refractivity contribution in [2.75, 3.05) is 11.3 Å². The first-order valence-corrected chi connectivity index (χ1v) is 11.0. The highest BCUT2D eigenvalue weighted by Gasteiger charge is 2.22. The van der Waals surface area contributed by atoms with E-state index in [1.165, 1.54) is 28.9 Å². The van der Waals surface area contributed by atoms with Crippen LogP contribution in [-0.2, 0) is 17.1 Å². The summed E-state index contributed by atoms with van der Waals surface area (Å²) < 4.78 is 31.1. The molecule has 0 fully saturated rings. The molecule has 2 aromatic carbocycles. The van der Waals surface area contributed by atoms with E-state index in [0.29, 0.717) is 23.5 Å². The third-order valence-corrected chi connectivity index (χ3v) is 6.12. The van der Waals surface area contributed by atoms with Crippen LogP contribution in [-0.4, -0.2) is 30.2 Å². The summed E-state index contributed by atoms with van der Waals surface area (Å²) in [6.45, 7) is 4.15. The minimum atomic E-state index is -4.01. The Labute approximate surface area is 175 Å². The minimum Gasteiger partial charge on any atom is -0.352 e. The van der Waals surface area contributed by atoms with Crippen molar-refractivity contribution in [3.8, 4) is 5.69 Å². The first-order valence-electron chi connectivity index (χ1n) is 9.51. The predicted octanol–water partition coefficient (Wildman–Crippen LogP) is 2.43. The van der Waals surface area contributed by atoms with E-state index in [0.717, 1.165) is 6.42 Å². The summed E-state index contributed by atoms with van der Waals surface area (Å²) in [5.74, 6) is -0.265. The number of hydrogen-bond acceptors (Lipinski definition) is 4. The van der Waals surface area contributed by atoms with E-state index >= 15 is 0 Å². The zero-order valence-electron chi connectivity index (χ0n) is 17.0. The van der Waals surface area contributed by atoms with Crippen LogP contribution in [0.4, 0.5) is 5.69 Å². The van der Waals surface area contributed by atoms with Crippen molar-refractivity contribution in [3.63, 3.8) is 0 Å². The molecule has 0 unspecified atom stereocenters. The smallest absolute Gasteiger partial charge is 0.296 e. The number of carbonyl (C=O) groups is 1. The maximum Gasteiger partial charge on any atom is 0.296 e. The summed E-state index contributed by atoms with van der Waals surface area (Å²) in [7, 11) is -2.33.